The van der Waals surface area contributed by atoms with Crippen LogP contribution in [0.15, 0.2) is 5.11 Å². The molecule has 0 bridgehead atoms. The van der Waals surface area contributed by atoms with Gasteiger partial charge in [-0.05, 0) is 24.3 Å². The molecule has 2 N–H and O–H groups in total. The average Bonchev–Trinajstić information content (AvgIpc) is 2.53. The molecule has 22 heavy (non-hydrogen) atoms. The molecule has 0 saturated heterocycles. The summed E-state index contributed by atoms with van der Waals surface area (Å²) in [4.78, 5) is 14.5. The molecule has 0 aromatic carbocycles. The van der Waals surface area contributed by atoms with Crippen molar-refractivity contribution < 1.29 is 14.6 Å². The number of unbranched alkanes of at least 4 members (excludes halogenated alkanes) is 1. The lowest BCUT2D eigenvalue weighted by molar-refractivity contribution is 0.0958. The Morgan fingerprint density at radius 2 is 2.18 bits per heavy atom. The zero-order chi connectivity index (χ0) is 16.2. The van der Waals surface area contributed by atoms with Gasteiger partial charge in [-0.25, -0.2) is 4.79 Å². The van der Waals surface area contributed by atoms with E-state index in [1.165, 1.54) is 19.3 Å². The molecule has 0 unspecified atom stereocenters. The number of nitrogens with one attached hydrogen (secondary N) is 1. The molecule has 1 aliphatic rings. The van der Waals surface area contributed by atoms with Crippen LogP contribution in [0.2, 0.25) is 0 Å². The van der Waals surface area contributed by atoms with Crippen molar-refractivity contribution in [3.63, 3.8) is 0 Å². The molecule has 0 heterocycles. The highest BCUT2D eigenvalue weighted by atomic mass is 16.5. The number of aliphatic hydroxyl groups is 1. The van der Waals surface area contributed by atoms with Crippen molar-refractivity contribution in [1.82, 2.24) is 5.32 Å². The molecule has 0 aromatic rings. The number of carbonyl (C=O) groups is 1. The summed E-state index contributed by atoms with van der Waals surface area (Å²) < 4.78 is 5.09. The van der Waals surface area contributed by atoms with Gasteiger partial charge in [-0.2, -0.15) is 0 Å². The fourth-order valence-corrected chi connectivity index (χ4v) is 2.84. The van der Waals surface area contributed by atoms with Gasteiger partial charge in [-0.1, -0.05) is 50.6 Å². The first-order chi connectivity index (χ1) is 10.7. The molecule has 0 spiro atoms. The number of aliphatic hydroxyl groups excluding tert-OH is 1. The van der Waals surface area contributed by atoms with Gasteiger partial charge in [-0.15, -0.1) is 0 Å². The lowest BCUT2D eigenvalue weighted by Gasteiger charge is -2.29. The summed E-state index contributed by atoms with van der Waals surface area (Å²) in [7, 11) is 0. The van der Waals surface area contributed by atoms with Crippen LogP contribution in [0.5, 0.6) is 0 Å². The molecule has 1 aliphatic carbocycles. The Hall–Kier alpha value is -1.46. The van der Waals surface area contributed by atoms with Gasteiger partial charge in [0.1, 0.15) is 0 Å². The molecule has 2 atom stereocenters. The van der Waals surface area contributed by atoms with Crippen molar-refractivity contribution in [2.24, 2.45) is 11.0 Å². The number of hydrogen-bond donors (Lipinski definition) is 2. The van der Waals surface area contributed by atoms with E-state index in [0.29, 0.717) is 18.9 Å². The minimum Gasteiger partial charge on any atom is -0.450 e. The molecular formula is C15H28N4O3. The predicted octanol–water partition coefficient (Wildman–Crippen LogP) is 3.52. The molecule has 0 aliphatic heterocycles. The Balaban J connectivity index is 2.51. The summed E-state index contributed by atoms with van der Waals surface area (Å²) in [5.74, 6) is 0.496. The number of ether oxygens (including phenoxy) is 1. The Labute approximate surface area is 132 Å². The van der Waals surface area contributed by atoms with E-state index in [-0.39, 0.29) is 6.54 Å². The Bertz CT molecular complexity index is 366. The Morgan fingerprint density at radius 3 is 2.82 bits per heavy atom. The zero-order valence-corrected chi connectivity index (χ0v) is 13.4. The van der Waals surface area contributed by atoms with E-state index in [0.717, 1.165) is 25.7 Å². The maximum absolute atomic E-state index is 11.8. The second-order valence-electron chi connectivity index (χ2n) is 5.96. The summed E-state index contributed by atoms with van der Waals surface area (Å²) in [6.45, 7) is 2.37. The highest BCUT2D eigenvalue weighted by molar-refractivity contribution is 5.67. The monoisotopic (exact) mass is 312 g/mol. The first kappa shape index (κ1) is 18.6. The Morgan fingerprint density at radius 1 is 1.45 bits per heavy atom. The van der Waals surface area contributed by atoms with E-state index in [9.17, 15) is 9.90 Å². The number of amides is 1. The summed E-state index contributed by atoms with van der Waals surface area (Å²) in [6, 6.07) is -0.428. The van der Waals surface area contributed by atoms with Crippen LogP contribution in [-0.2, 0) is 4.74 Å². The fraction of sp³-hybridized carbons (Fsp3) is 0.933. The highest BCUT2D eigenvalue weighted by Crippen LogP contribution is 2.28. The summed E-state index contributed by atoms with van der Waals surface area (Å²) in [5, 5.41) is 16.3. The standard InChI is InChI=1S/C15H28N4O3/c1-2-3-9-22-15(21)18-13(14(20)11-17-19-16)10-12-7-5-4-6-8-12/h12-14,20H,2-11H2,1H3,(H,18,21)/t13-,14+/m0/s1. The van der Waals surface area contributed by atoms with Crippen molar-refractivity contribution in [1.29, 1.82) is 0 Å². The molecule has 7 nitrogen and oxygen atoms in total. The molecular weight excluding hydrogens is 284 g/mol. The van der Waals surface area contributed by atoms with E-state index in [2.05, 4.69) is 15.3 Å². The first-order valence-corrected chi connectivity index (χ1v) is 8.29. The Kier molecular flexibility index (Phi) is 9.42. The lowest BCUT2D eigenvalue weighted by Crippen LogP contribution is -2.46. The van der Waals surface area contributed by atoms with Crippen LogP contribution in [0.4, 0.5) is 4.79 Å². The third kappa shape index (κ3) is 7.52. The van der Waals surface area contributed by atoms with Gasteiger partial charge in [0, 0.05) is 4.91 Å². The second kappa shape index (κ2) is 11.2. The zero-order valence-electron chi connectivity index (χ0n) is 13.4. The van der Waals surface area contributed by atoms with E-state index in [1.54, 1.807) is 0 Å². The van der Waals surface area contributed by atoms with E-state index >= 15 is 0 Å². The first-order valence-electron chi connectivity index (χ1n) is 8.29. The van der Waals surface area contributed by atoms with Gasteiger partial charge >= 0.3 is 6.09 Å². The largest absolute Gasteiger partial charge is 0.450 e. The number of azide groups is 1. The molecule has 1 fully saturated rings. The van der Waals surface area contributed by atoms with Gasteiger partial charge in [-0.3, -0.25) is 0 Å². The highest BCUT2D eigenvalue weighted by Gasteiger charge is 2.26. The summed E-state index contributed by atoms with van der Waals surface area (Å²) in [6.07, 6.45) is 7.00. The van der Waals surface area contributed by atoms with Crippen molar-refractivity contribution in [2.75, 3.05) is 13.2 Å². The van der Waals surface area contributed by atoms with Crippen LogP contribution in [0.1, 0.15) is 58.3 Å². The summed E-state index contributed by atoms with van der Waals surface area (Å²) in [5.41, 5.74) is 8.38. The van der Waals surface area contributed by atoms with Crippen LogP contribution in [0.25, 0.3) is 10.4 Å². The van der Waals surface area contributed by atoms with E-state index < -0.39 is 18.2 Å². The van der Waals surface area contributed by atoms with E-state index in [1.807, 2.05) is 6.92 Å². The predicted molar refractivity (Wildman–Crippen MR) is 84.4 cm³/mol. The topological polar surface area (TPSA) is 107 Å². The third-order valence-corrected chi connectivity index (χ3v) is 4.14. The molecule has 0 radical (unpaired) electrons. The van der Waals surface area contributed by atoms with Crippen LogP contribution in [0, 0.1) is 5.92 Å². The molecule has 126 valence electrons. The van der Waals surface area contributed by atoms with Crippen LogP contribution < -0.4 is 5.32 Å². The van der Waals surface area contributed by atoms with Crippen molar-refractivity contribution in [3.8, 4) is 0 Å². The normalized spacial score (nSPS) is 18.1. The van der Waals surface area contributed by atoms with Gasteiger partial charge in [0.05, 0.1) is 25.3 Å². The van der Waals surface area contributed by atoms with Gasteiger partial charge in [0.25, 0.3) is 0 Å². The smallest absolute Gasteiger partial charge is 0.407 e. The van der Waals surface area contributed by atoms with Gasteiger partial charge in [0.15, 0.2) is 0 Å². The molecule has 0 aromatic heterocycles. The van der Waals surface area contributed by atoms with E-state index in [4.69, 9.17) is 10.3 Å². The number of alkyl carbamates (subject to hydrolysis) is 1. The maximum Gasteiger partial charge on any atom is 0.407 e. The number of hydrogen-bond acceptors (Lipinski definition) is 4. The SMILES string of the molecule is CCCCOC(=O)N[C@@H](CC1CCCCC1)[C@H](O)CN=[N+]=[N-]. The van der Waals surface area contributed by atoms with Crippen molar-refractivity contribution in [2.45, 2.75) is 70.4 Å². The fourth-order valence-electron chi connectivity index (χ4n) is 2.84. The van der Waals surface area contributed by atoms with Crippen LogP contribution >= 0.6 is 0 Å². The minimum absolute atomic E-state index is 0.0386. The van der Waals surface area contributed by atoms with Crippen molar-refractivity contribution in [3.05, 3.63) is 10.4 Å². The van der Waals surface area contributed by atoms with Crippen LogP contribution in [-0.4, -0.2) is 36.5 Å². The second-order valence-corrected chi connectivity index (χ2v) is 5.96. The van der Waals surface area contributed by atoms with Crippen LogP contribution in [0.3, 0.4) is 0 Å². The number of nitrogens with zero attached hydrogens (tertiary/aromatic N) is 3. The third-order valence-electron chi connectivity index (χ3n) is 4.14. The maximum atomic E-state index is 11.8. The van der Waals surface area contributed by atoms with Gasteiger partial charge in [0.2, 0.25) is 0 Å². The summed E-state index contributed by atoms with van der Waals surface area (Å²) >= 11 is 0. The molecule has 1 amide bonds. The van der Waals surface area contributed by atoms with Crippen molar-refractivity contribution >= 4 is 6.09 Å². The lowest BCUT2D eigenvalue weighted by atomic mass is 9.83. The minimum atomic E-state index is -0.878. The number of rotatable bonds is 9. The molecule has 1 rings (SSSR count). The molecule has 7 heteroatoms. The average molecular weight is 312 g/mol. The van der Waals surface area contributed by atoms with Gasteiger partial charge < -0.3 is 15.2 Å². The molecule has 1 saturated carbocycles. The quantitative estimate of drug-likeness (QED) is 0.294. The number of carbonyl (C=O) groups excluding carboxylic acids is 1.